The van der Waals surface area contributed by atoms with Gasteiger partial charge in [-0.1, -0.05) is 11.6 Å². The fourth-order valence-corrected chi connectivity index (χ4v) is 2.29. The van der Waals surface area contributed by atoms with Crippen molar-refractivity contribution in [1.29, 1.82) is 0 Å². The van der Waals surface area contributed by atoms with Crippen LogP contribution in [0.5, 0.6) is 0 Å². The third kappa shape index (κ3) is 3.96. The molecule has 0 aliphatic heterocycles. The van der Waals surface area contributed by atoms with Crippen LogP contribution in [-0.4, -0.2) is 20.6 Å². The van der Waals surface area contributed by atoms with Crippen LogP contribution in [0.4, 0.5) is 0 Å². The molecule has 7 heteroatoms. The Hall–Kier alpha value is -0.340. The molecule has 0 spiro atoms. The van der Waals surface area contributed by atoms with Gasteiger partial charge < -0.3 is 0 Å². The molecule has 15 heavy (non-hydrogen) atoms. The predicted octanol–water partition coefficient (Wildman–Crippen LogP) is 1.63. The monoisotopic (exact) mass is 359 g/mol. The van der Waals surface area contributed by atoms with Crippen molar-refractivity contribution in [3.63, 3.8) is 0 Å². The molecule has 0 atom stereocenters. The Kier molecular flexibility index (Phi) is 3.96. The van der Waals surface area contributed by atoms with Crippen LogP contribution >= 0.6 is 34.2 Å². The van der Waals surface area contributed by atoms with Crippen molar-refractivity contribution in [3.05, 3.63) is 32.4 Å². The minimum Gasteiger partial charge on any atom is -0.268 e. The fourth-order valence-electron chi connectivity index (χ4n) is 0.897. The first-order valence-corrected chi connectivity index (χ1v) is 7.11. The summed E-state index contributed by atoms with van der Waals surface area (Å²) in [5.41, 5.74) is 0.141. The second-order valence-electron chi connectivity index (χ2n) is 2.83. The lowest BCUT2D eigenvalue weighted by atomic mass is 10.2. The highest BCUT2D eigenvalue weighted by atomic mass is 127. The van der Waals surface area contributed by atoms with Gasteiger partial charge in [0.05, 0.1) is 16.8 Å². The summed E-state index contributed by atoms with van der Waals surface area (Å²) in [6, 6.07) is 4.73. The van der Waals surface area contributed by atoms with Crippen LogP contribution in [0.1, 0.15) is 10.4 Å². The molecule has 0 unspecified atom stereocenters. The lowest BCUT2D eigenvalue weighted by Crippen LogP contribution is -2.29. The molecule has 0 radical (unpaired) electrons. The van der Waals surface area contributed by atoms with E-state index in [-0.39, 0.29) is 10.6 Å². The summed E-state index contributed by atoms with van der Waals surface area (Å²) in [6.45, 7) is 0. The van der Waals surface area contributed by atoms with Crippen LogP contribution in [0.25, 0.3) is 0 Å². The summed E-state index contributed by atoms with van der Waals surface area (Å²) in [7, 11) is -3.56. The van der Waals surface area contributed by atoms with E-state index < -0.39 is 15.9 Å². The molecule has 0 aromatic heterocycles. The number of carbonyl (C=O) groups excluding carboxylic acids is 1. The highest BCUT2D eigenvalue weighted by Gasteiger charge is 2.14. The Morgan fingerprint density at radius 1 is 1.47 bits per heavy atom. The van der Waals surface area contributed by atoms with Crippen LogP contribution in [0, 0.1) is 3.57 Å². The number of halogens is 2. The maximum absolute atomic E-state index is 11.4. The average molecular weight is 360 g/mol. The Morgan fingerprint density at radius 3 is 2.53 bits per heavy atom. The zero-order chi connectivity index (χ0) is 11.6. The highest BCUT2D eigenvalue weighted by molar-refractivity contribution is 14.1. The minimum atomic E-state index is -3.56. The normalized spacial score (nSPS) is 11.1. The largest absolute Gasteiger partial charge is 0.268 e. The van der Waals surface area contributed by atoms with E-state index in [9.17, 15) is 13.2 Å². The molecule has 1 N–H and O–H groups in total. The topological polar surface area (TPSA) is 63.2 Å². The van der Waals surface area contributed by atoms with E-state index in [0.29, 0.717) is 0 Å². The average Bonchev–Trinajstić information content (AvgIpc) is 1.99. The van der Waals surface area contributed by atoms with Crippen LogP contribution < -0.4 is 4.72 Å². The molecule has 82 valence electrons. The van der Waals surface area contributed by atoms with Crippen LogP contribution in [0.15, 0.2) is 18.2 Å². The van der Waals surface area contributed by atoms with Gasteiger partial charge in [-0.15, -0.1) is 0 Å². The summed E-state index contributed by atoms with van der Waals surface area (Å²) >= 11 is 7.83. The molecule has 1 aromatic carbocycles. The molecule has 4 nitrogen and oxygen atoms in total. The molecule has 0 aliphatic rings. The van der Waals surface area contributed by atoms with Crippen molar-refractivity contribution in [2.45, 2.75) is 0 Å². The maximum Gasteiger partial charge on any atom is 0.266 e. The number of sulfonamides is 1. The van der Waals surface area contributed by atoms with Gasteiger partial charge in [-0.25, -0.2) is 13.1 Å². The van der Waals surface area contributed by atoms with Gasteiger partial charge in [0.2, 0.25) is 10.0 Å². The Balaban J connectivity index is 3.02. The predicted molar refractivity (Wildman–Crippen MR) is 66.5 cm³/mol. The van der Waals surface area contributed by atoms with E-state index in [1.54, 1.807) is 12.1 Å². The molecule has 0 saturated heterocycles. The van der Waals surface area contributed by atoms with Gasteiger partial charge in [-0.3, -0.25) is 4.79 Å². The first-order valence-electron chi connectivity index (χ1n) is 3.77. The molecule has 0 bridgehead atoms. The molecule has 0 fully saturated rings. The van der Waals surface area contributed by atoms with E-state index in [2.05, 4.69) is 0 Å². The molecule has 1 aromatic rings. The Morgan fingerprint density at radius 2 is 2.07 bits per heavy atom. The Bertz CT molecular complexity index is 501. The smallest absolute Gasteiger partial charge is 0.266 e. The molecule has 1 rings (SSSR count). The maximum atomic E-state index is 11.4. The minimum absolute atomic E-state index is 0.141. The second-order valence-corrected chi connectivity index (χ2v) is 6.23. The van der Waals surface area contributed by atoms with Crippen LogP contribution in [-0.2, 0) is 10.0 Å². The zero-order valence-electron chi connectivity index (χ0n) is 7.62. The van der Waals surface area contributed by atoms with E-state index in [4.69, 9.17) is 11.6 Å². The first kappa shape index (κ1) is 12.7. The van der Waals surface area contributed by atoms with Crippen LogP contribution in [0.3, 0.4) is 0 Å². The molecule has 0 heterocycles. The van der Waals surface area contributed by atoms with Gasteiger partial charge in [0.15, 0.2) is 0 Å². The number of nitrogens with one attached hydrogen (secondary N) is 1. The lowest BCUT2D eigenvalue weighted by molar-refractivity contribution is 0.0982. The van der Waals surface area contributed by atoms with E-state index in [1.165, 1.54) is 6.07 Å². The number of hydrogen-bond donors (Lipinski definition) is 1. The SMILES string of the molecule is CS(=O)(=O)NC(=O)c1ccc(I)cc1Cl. The highest BCUT2D eigenvalue weighted by Crippen LogP contribution is 2.18. The van der Waals surface area contributed by atoms with Crippen molar-refractivity contribution in [2.75, 3.05) is 6.26 Å². The van der Waals surface area contributed by atoms with Gasteiger partial charge in [-0.05, 0) is 40.8 Å². The first-order chi connectivity index (χ1) is 6.79. The fraction of sp³-hybridized carbons (Fsp3) is 0.125. The number of hydrogen-bond acceptors (Lipinski definition) is 3. The Labute approximate surface area is 106 Å². The summed E-state index contributed by atoms with van der Waals surface area (Å²) < 4.78 is 24.3. The molecular weight excluding hydrogens is 353 g/mol. The number of carbonyl (C=O) groups is 1. The number of rotatable bonds is 2. The summed E-state index contributed by atoms with van der Waals surface area (Å²) in [5.74, 6) is -0.723. The van der Waals surface area contributed by atoms with Gasteiger partial charge in [0, 0.05) is 3.57 Å². The van der Waals surface area contributed by atoms with E-state index in [1.807, 2.05) is 27.3 Å². The second kappa shape index (κ2) is 4.67. The number of amides is 1. The summed E-state index contributed by atoms with van der Waals surface area (Å²) in [5, 5.41) is 0.225. The van der Waals surface area contributed by atoms with Gasteiger partial charge in [0.25, 0.3) is 5.91 Å². The molecule has 0 saturated carbocycles. The van der Waals surface area contributed by atoms with E-state index in [0.717, 1.165) is 9.83 Å². The van der Waals surface area contributed by atoms with Crippen molar-refractivity contribution >= 4 is 50.1 Å². The van der Waals surface area contributed by atoms with Crippen molar-refractivity contribution < 1.29 is 13.2 Å². The quantitative estimate of drug-likeness (QED) is 0.817. The van der Waals surface area contributed by atoms with Crippen LogP contribution in [0.2, 0.25) is 5.02 Å². The summed E-state index contributed by atoms with van der Waals surface area (Å²) in [6.07, 6.45) is 0.908. The van der Waals surface area contributed by atoms with Gasteiger partial charge >= 0.3 is 0 Å². The van der Waals surface area contributed by atoms with Crippen molar-refractivity contribution in [3.8, 4) is 0 Å². The van der Waals surface area contributed by atoms with Crippen molar-refractivity contribution in [2.24, 2.45) is 0 Å². The van der Waals surface area contributed by atoms with Gasteiger partial charge in [0.1, 0.15) is 0 Å². The number of benzene rings is 1. The summed E-state index contributed by atoms with van der Waals surface area (Å²) in [4.78, 5) is 11.4. The standard InChI is InChI=1S/C8H7ClINO3S/c1-15(13,14)11-8(12)6-3-2-5(10)4-7(6)9/h2-4H,1H3,(H,11,12). The third-order valence-electron chi connectivity index (χ3n) is 1.45. The van der Waals surface area contributed by atoms with E-state index >= 15 is 0 Å². The van der Waals surface area contributed by atoms with Gasteiger partial charge in [-0.2, -0.15) is 0 Å². The molecular formula is C8H7ClINO3S. The molecule has 0 aliphatic carbocycles. The molecule has 1 amide bonds. The zero-order valence-corrected chi connectivity index (χ0v) is 11.4. The van der Waals surface area contributed by atoms with Crippen molar-refractivity contribution in [1.82, 2.24) is 4.72 Å². The third-order valence-corrected chi connectivity index (χ3v) is 2.99. The lowest BCUT2D eigenvalue weighted by Gasteiger charge is -2.04.